The number of likely N-dealkylation sites (N-methyl/N-ethyl adjacent to an activating group) is 1. The molecule has 3 nitrogen and oxygen atoms in total. The molecule has 1 aromatic carbocycles. The van der Waals surface area contributed by atoms with Crippen molar-refractivity contribution >= 4 is 28.8 Å². The Kier molecular flexibility index (Phi) is 5.59. The van der Waals surface area contributed by atoms with Gasteiger partial charge in [0.15, 0.2) is 0 Å². The summed E-state index contributed by atoms with van der Waals surface area (Å²) in [5.41, 5.74) is 1.10. The van der Waals surface area contributed by atoms with Crippen LogP contribution in [-0.4, -0.2) is 35.8 Å². The van der Waals surface area contributed by atoms with E-state index in [2.05, 4.69) is 29.3 Å². The largest absolute Gasteiger partial charge is 0.338 e. The number of hydrogen-bond acceptors (Lipinski definition) is 3. The third-order valence-electron chi connectivity index (χ3n) is 4.90. The van der Waals surface area contributed by atoms with Gasteiger partial charge in [-0.2, -0.15) is 0 Å². The van der Waals surface area contributed by atoms with E-state index >= 15 is 0 Å². The molecule has 0 spiro atoms. The molecule has 2 atom stereocenters. The molecule has 0 radical (unpaired) electrons. The van der Waals surface area contributed by atoms with E-state index in [0.717, 1.165) is 30.0 Å². The maximum absolute atomic E-state index is 12.8. The van der Waals surface area contributed by atoms with Crippen molar-refractivity contribution in [1.82, 2.24) is 9.80 Å². The Morgan fingerprint density at radius 1 is 1.38 bits per heavy atom. The van der Waals surface area contributed by atoms with Crippen molar-refractivity contribution < 1.29 is 4.79 Å². The summed E-state index contributed by atoms with van der Waals surface area (Å²) in [7, 11) is 1.89. The molecule has 2 unspecified atom stereocenters. The molecule has 1 aliphatic heterocycles. The van der Waals surface area contributed by atoms with Gasteiger partial charge in [-0.15, -0.1) is 11.3 Å². The lowest BCUT2D eigenvalue weighted by Gasteiger charge is -2.29. The minimum Gasteiger partial charge on any atom is -0.338 e. The SMILES string of the molecule is CC(c1ccc(Cl)cc1)N(C)C(=O)CN1CCCC1c1cccs1. The van der Waals surface area contributed by atoms with Crippen molar-refractivity contribution in [3.05, 3.63) is 57.2 Å². The highest BCUT2D eigenvalue weighted by Crippen LogP contribution is 2.34. The number of nitrogens with zero attached hydrogens (tertiary/aromatic N) is 2. The zero-order valence-electron chi connectivity index (χ0n) is 14.1. The number of rotatable bonds is 5. The van der Waals surface area contributed by atoms with Gasteiger partial charge in [0, 0.05) is 23.0 Å². The summed E-state index contributed by atoms with van der Waals surface area (Å²) in [5, 5.41) is 2.83. The van der Waals surface area contributed by atoms with Crippen LogP contribution < -0.4 is 0 Å². The van der Waals surface area contributed by atoms with E-state index in [9.17, 15) is 4.79 Å². The van der Waals surface area contributed by atoms with E-state index in [1.54, 1.807) is 11.3 Å². The first-order chi connectivity index (χ1) is 11.6. The highest BCUT2D eigenvalue weighted by Gasteiger charge is 2.29. The molecule has 2 aromatic rings. The minimum atomic E-state index is 0.0394. The van der Waals surface area contributed by atoms with Crippen molar-refractivity contribution in [3.8, 4) is 0 Å². The van der Waals surface area contributed by atoms with Gasteiger partial charge in [-0.05, 0) is 55.5 Å². The summed E-state index contributed by atoms with van der Waals surface area (Å²) in [4.78, 5) is 18.3. The molecule has 0 N–H and O–H groups in total. The fourth-order valence-corrected chi connectivity index (χ4v) is 4.31. The third kappa shape index (κ3) is 3.82. The molecule has 1 fully saturated rings. The highest BCUT2D eigenvalue weighted by atomic mass is 35.5. The second kappa shape index (κ2) is 7.68. The average Bonchev–Trinajstić information content (AvgIpc) is 3.25. The molecule has 24 heavy (non-hydrogen) atoms. The first-order valence-corrected chi connectivity index (χ1v) is 9.60. The van der Waals surface area contributed by atoms with Gasteiger partial charge in [-0.3, -0.25) is 9.69 Å². The van der Waals surface area contributed by atoms with Crippen LogP contribution in [0.25, 0.3) is 0 Å². The fraction of sp³-hybridized carbons (Fsp3) is 0.421. The van der Waals surface area contributed by atoms with Crippen LogP contribution in [-0.2, 0) is 4.79 Å². The van der Waals surface area contributed by atoms with Crippen LogP contribution in [0.3, 0.4) is 0 Å². The van der Waals surface area contributed by atoms with Gasteiger partial charge in [0.1, 0.15) is 0 Å². The predicted molar refractivity (Wildman–Crippen MR) is 101 cm³/mol. The van der Waals surface area contributed by atoms with Gasteiger partial charge in [0.05, 0.1) is 12.6 Å². The molecule has 5 heteroatoms. The Morgan fingerprint density at radius 2 is 2.12 bits per heavy atom. The van der Waals surface area contributed by atoms with Gasteiger partial charge in [-0.25, -0.2) is 0 Å². The predicted octanol–water partition coefficient (Wildman–Crippen LogP) is 4.76. The smallest absolute Gasteiger partial charge is 0.237 e. The van der Waals surface area contributed by atoms with E-state index in [1.807, 2.05) is 36.2 Å². The summed E-state index contributed by atoms with van der Waals surface area (Å²) < 4.78 is 0. The average molecular weight is 363 g/mol. The van der Waals surface area contributed by atoms with Crippen LogP contribution in [0.1, 0.15) is 42.3 Å². The standard InChI is InChI=1S/C19H23ClN2OS/c1-14(15-7-9-16(20)10-8-15)21(2)19(23)13-22-11-3-5-17(22)18-6-4-12-24-18/h4,6-10,12,14,17H,3,5,11,13H2,1-2H3. The maximum atomic E-state index is 12.8. The van der Waals surface area contributed by atoms with Crippen molar-refractivity contribution in [2.45, 2.75) is 31.8 Å². The Balaban J connectivity index is 1.64. The number of halogens is 1. The summed E-state index contributed by atoms with van der Waals surface area (Å²) in [6.45, 7) is 3.54. The van der Waals surface area contributed by atoms with Crippen LogP contribution in [0, 0.1) is 0 Å². The molecule has 1 aliphatic rings. The van der Waals surface area contributed by atoms with Crippen LogP contribution in [0.2, 0.25) is 5.02 Å². The van der Waals surface area contributed by atoms with E-state index in [1.165, 1.54) is 4.88 Å². The molecule has 1 amide bonds. The van der Waals surface area contributed by atoms with E-state index < -0.39 is 0 Å². The maximum Gasteiger partial charge on any atom is 0.237 e. The first kappa shape index (κ1) is 17.5. The Hall–Kier alpha value is -1.36. The molecule has 1 saturated heterocycles. The number of benzene rings is 1. The number of hydrogen-bond donors (Lipinski definition) is 0. The second-order valence-electron chi connectivity index (χ2n) is 6.38. The molecule has 0 aliphatic carbocycles. The zero-order valence-corrected chi connectivity index (χ0v) is 15.7. The second-order valence-corrected chi connectivity index (χ2v) is 7.79. The molecule has 0 bridgehead atoms. The van der Waals surface area contributed by atoms with Crippen molar-refractivity contribution in [2.75, 3.05) is 20.1 Å². The molecule has 2 heterocycles. The molecule has 0 saturated carbocycles. The van der Waals surface area contributed by atoms with Gasteiger partial charge < -0.3 is 4.90 Å². The molecular weight excluding hydrogens is 340 g/mol. The lowest BCUT2D eigenvalue weighted by molar-refractivity contribution is -0.133. The fourth-order valence-electron chi connectivity index (χ4n) is 3.28. The van der Waals surface area contributed by atoms with Crippen LogP contribution in [0.4, 0.5) is 0 Å². The highest BCUT2D eigenvalue weighted by molar-refractivity contribution is 7.10. The van der Waals surface area contributed by atoms with Gasteiger partial charge in [-0.1, -0.05) is 29.8 Å². The van der Waals surface area contributed by atoms with E-state index in [-0.39, 0.29) is 11.9 Å². The number of amides is 1. The monoisotopic (exact) mass is 362 g/mol. The lowest BCUT2D eigenvalue weighted by atomic mass is 10.1. The Morgan fingerprint density at radius 3 is 2.79 bits per heavy atom. The number of carbonyl (C=O) groups is 1. The van der Waals surface area contributed by atoms with Gasteiger partial charge >= 0.3 is 0 Å². The van der Waals surface area contributed by atoms with Crippen LogP contribution >= 0.6 is 22.9 Å². The molecule has 1 aromatic heterocycles. The van der Waals surface area contributed by atoms with Crippen LogP contribution in [0.15, 0.2) is 41.8 Å². The van der Waals surface area contributed by atoms with Crippen molar-refractivity contribution in [3.63, 3.8) is 0 Å². The summed E-state index contributed by atoms with van der Waals surface area (Å²) in [6.07, 6.45) is 2.30. The summed E-state index contributed by atoms with van der Waals surface area (Å²) in [6, 6.07) is 12.4. The quantitative estimate of drug-likeness (QED) is 0.765. The Labute approximate surface area is 152 Å². The normalized spacial score (nSPS) is 19.4. The van der Waals surface area contributed by atoms with Crippen molar-refractivity contribution in [2.24, 2.45) is 0 Å². The Bertz CT molecular complexity index is 671. The minimum absolute atomic E-state index is 0.0394. The summed E-state index contributed by atoms with van der Waals surface area (Å²) >= 11 is 7.74. The first-order valence-electron chi connectivity index (χ1n) is 8.35. The molecule has 128 valence electrons. The third-order valence-corrected chi connectivity index (χ3v) is 6.13. The van der Waals surface area contributed by atoms with Gasteiger partial charge in [0.2, 0.25) is 5.91 Å². The molecule has 3 rings (SSSR count). The van der Waals surface area contributed by atoms with Crippen LogP contribution in [0.5, 0.6) is 0 Å². The zero-order chi connectivity index (χ0) is 17.1. The number of thiophene rings is 1. The molecular formula is C19H23ClN2OS. The number of likely N-dealkylation sites (tertiary alicyclic amines) is 1. The van der Waals surface area contributed by atoms with E-state index in [0.29, 0.717) is 12.6 Å². The van der Waals surface area contributed by atoms with E-state index in [4.69, 9.17) is 11.6 Å². The van der Waals surface area contributed by atoms with Gasteiger partial charge in [0.25, 0.3) is 0 Å². The van der Waals surface area contributed by atoms with Crippen molar-refractivity contribution in [1.29, 1.82) is 0 Å². The topological polar surface area (TPSA) is 23.6 Å². The number of carbonyl (C=O) groups excluding carboxylic acids is 1. The summed E-state index contributed by atoms with van der Waals surface area (Å²) in [5.74, 6) is 0.168. The lowest BCUT2D eigenvalue weighted by Crippen LogP contribution is -2.39.